The predicted octanol–water partition coefficient (Wildman–Crippen LogP) is 4.40. The Balaban J connectivity index is 1.49. The lowest BCUT2D eigenvalue weighted by atomic mass is 10.1. The number of nitrogens with zero attached hydrogens (tertiary/aromatic N) is 5. The lowest BCUT2D eigenvalue weighted by Crippen LogP contribution is -2.33. The van der Waals surface area contributed by atoms with Crippen molar-refractivity contribution < 1.29 is 4.79 Å². The van der Waals surface area contributed by atoms with Crippen molar-refractivity contribution in [1.29, 1.82) is 0 Å². The highest BCUT2D eigenvalue weighted by Gasteiger charge is 2.29. The number of para-hydroxylation sites is 1. The van der Waals surface area contributed by atoms with Crippen molar-refractivity contribution in [2.45, 2.75) is 56.1 Å². The van der Waals surface area contributed by atoms with Gasteiger partial charge in [-0.25, -0.2) is 4.98 Å². The molecule has 0 bridgehead atoms. The van der Waals surface area contributed by atoms with E-state index in [2.05, 4.69) is 9.67 Å². The highest BCUT2D eigenvalue weighted by molar-refractivity contribution is 8.00. The van der Waals surface area contributed by atoms with Gasteiger partial charge in [0.1, 0.15) is 5.56 Å². The molecular weight excluding hydrogens is 458 g/mol. The van der Waals surface area contributed by atoms with E-state index in [-0.39, 0.29) is 16.7 Å². The Morgan fingerprint density at radius 3 is 2.51 bits per heavy atom. The van der Waals surface area contributed by atoms with Crippen molar-refractivity contribution in [2.75, 3.05) is 7.05 Å². The summed E-state index contributed by atoms with van der Waals surface area (Å²) in [6.45, 7) is 3.27. The summed E-state index contributed by atoms with van der Waals surface area (Å²) in [5.41, 5.74) is 3.27. The topological polar surface area (TPSA) is 73.0 Å². The normalized spacial score (nSPS) is 14.3. The molecule has 0 fully saturated rings. The standard InChI is InChI=1S/C27H29N5O2S/c1-19(25(33)30(2)18-20-12-6-3-7-13-20)35-27-28-24-23(22-16-10-5-11-17-31(22)27)26(34)32(29-24)21-14-8-4-9-15-21/h3-4,6-9,12-15,19H,5,10-11,16-18H2,1-2H3. The average Bonchev–Trinajstić information content (AvgIpc) is 3.04. The third kappa shape index (κ3) is 4.75. The first-order valence-corrected chi connectivity index (χ1v) is 12.9. The Bertz CT molecular complexity index is 1350. The average molecular weight is 488 g/mol. The zero-order valence-corrected chi connectivity index (χ0v) is 20.9. The van der Waals surface area contributed by atoms with Crippen LogP contribution in [0.2, 0.25) is 0 Å². The Labute approximate surface area is 209 Å². The van der Waals surface area contributed by atoms with E-state index in [1.54, 1.807) is 4.90 Å². The maximum absolute atomic E-state index is 13.4. The number of benzene rings is 2. The lowest BCUT2D eigenvalue weighted by Gasteiger charge is -2.23. The minimum Gasteiger partial charge on any atom is -0.340 e. The minimum atomic E-state index is -0.323. The number of fused-ring (bicyclic) bond motifs is 3. The highest BCUT2D eigenvalue weighted by Crippen LogP contribution is 2.32. The fourth-order valence-electron chi connectivity index (χ4n) is 4.64. The van der Waals surface area contributed by atoms with E-state index < -0.39 is 0 Å². The second-order valence-electron chi connectivity index (χ2n) is 8.99. The summed E-state index contributed by atoms with van der Waals surface area (Å²) in [4.78, 5) is 33.2. The van der Waals surface area contributed by atoms with Crippen LogP contribution in [0.25, 0.3) is 17.1 Å². The molecule has 180 valence electrons. The van der Waals surface area contributed by atoms with Gasteiger partial charge in [0.25, 0.3) is 5.56 Å². The SMILES string of the molecule is CC(Sc1nc2nn(-c3ccccc3)c(=O)c-2c2n1CCCCC2)C(=O)N(C)Cc1ccccc1. The molecule has 0 N–H and O–H groups in total. The Kier molecular flexibility index (Phi) is 6.72. The quantitative estimate of drug-likeness (QED) is 0.298. The number of carbonyl (C=O) groups is 1. The second kappa shape index (κ2) is 10.1. The largest absolute Gasteiger partial charge is 0.340 e. The van der Waals surface area contributed by atoms with Crippen molar-refractivity contribution in [3.05, 3.63) is 82.3 Å². The molecule has 1 atom stereocenters. The first kappa shape index (κ1) is 23.4. The van der Waals surface area contributed by atoms with Gasteiger partial charge >= 0.3 is 0 Å². The molecule has 8 heteroatoms. The highest BCUT2D eigenvalue weighted by atomic mass is 32.2. The molecule has 0 saturated heterocycles. The van der Waals surface area contributed by atoms with Gasteiger partial charge in [-0.05, 0) is 43.9 Å². The summed E-state index contributed by atoms with van der Waals surface area (Å²) in [5.74, 6) is 0.495. The van der Waals surface area contributed by atoms with Gasteiger partial charge in [-0.2, -0.15) is 4.68 Å². The van der Waals surface area contributed by atoms with E-state index in [9.17, 15) is 9.59 Å². The number of hydrogen-bond acceptors (Lipinski definition) is 5. The van der Waals surface area contributed by atoms with E-state index in [1.165, 1.54) is 16.4 Å². The van der Waals surface area contributed by atoms with Crippen molar-refractivity contribution in [2.24, 2.45) is 0 Å². The number of rotatable bonds is 6. The van der Waals surface area contributed by atoms with E-state index in [0.29, 0.717) is 17.9 Å². The number of hydrogen-bond donors (Lipinski definition) is 0. The molecule has 35 heavy (non-hydrogen) atoms. The first-order chi connectivity index (χ1) is 17.0. The van der Waals surface area contributed by atoms with E-state index >= 15 is 0 Å². The van der Waals surface area contributed by atoms with Crippen LogP contribution in [-0.2, 0) is 24.3 Å². The van der Waals surface area contributed by atoms with Crippen molar-refractivity contribution >= 4 is 17.7 Å². The Hall–Kier alpha value is -3.39. The molecular formula is C27H29N5O2S. The molecule has 3 heterocycles. The lowest BCUT2D eigenvalue weighted by molar-refractivity contribution is -0.129. The summed E-state index contributed by atoms with van der Waals surface area (Å²) < 4.78 is 3.60. The van der Waals surface area contributed by atoms with Crippen LogP contribution in [0.4, 0.5) is 0 Å². The summed E-state index contributed by atoms with van der Waals surface area (Å²) in [6.07, 6.45) is 3.95. The third-order valence-corrected chi connectivity index (χ3v) is 7.51. The van der Waals surface area contributed by atoms with Crippen LogP contribution in [-0.4, -0.2) is 42.4 Å². The van der Waals surface area contributed by atoms with Gasteiger partial charge in [0.15, 0.2) is 11.0 Å². The van der Waals surface area contributed by atoms with Crippen LogP contribution in [0.3, 0.4) is 0 Å². The fraction of sp³-hybridized carbons (Fsp3) is 0.333. The number of thioether (sulfide) groups is 1. The zero-order valence-electron chi connectivity index (χ0n) is 20.1. The molecule has 5 rings (SSSR count). The molecule has 0 aromatic heterocycles. The maximum Gasteiger partial charge on any atom is 0.284 e. The number of carbonyl (C=O) groups excluding carboxylic acids is 1. The maximum atomic E-state index is 13.4. The molecule has 0 saturated carbocycles. The van der Waals surface area contributed by atoms with Gasteiger partial charge in [-0.3, -0.25) is 9.59 Å². The van der Waals surface area contributed by atoms with Crippen LogP contribution < -0.4 is 5.56 Å². The summed E-state index contributed by atoms with van der Waals surface area (Å²) in [7, 11) is 1.84. The van der Waals surface area contributed by atoms with Gasteiger partial charge in [0.05, 0.1) is 10.9 Å². The second-order valence-corrected chi connectivity index (χ2v) is 10.3. The van der Waals surface area contributed by atoms with Gasteiger partial charge < -0.3 is 9.47 Å². The van der Waals surface area contributed by atoms with E-state index in [0.717, 1.165) is 54.3 Å². The molecule has 0 aliphatic carbocycles. The Morgan fingerprint density at radius 2 is 1.77 bits per heavy atom. The van der Waals surface area contributed by atoms with Crippen LogP contribution in [0.5, 0.6) is 0 Å². The Morgan fingerprint density at radius 1 is 1.06 bits per heavy atom. The van der Waals surface area contributed by atoms with E-state index in [4.69, 9.17) is 4.98 Å². The monoisotopic (exact) mass is 487 g/mol. The molecule has 1 amide bonds. The van der Waals surface area contributed by atoms with Crippen LogP contribution in [0.1, 0.15) is 37.4 Å². The zero-order chi connectivity index (χ0) is 24.4. The van der Waals surface area contributed by atoms with Gasteiger partial charge in [0, 0.05) is 25.8 Å². The molecule has 2 aromatic rings. The fourth-order valence-corrected chi connectivity index (χ4v) is 5.71. The molecule has 3 aliphatic heterocycles. The van der Waals surface area contributed by atoms with Crippen molar-refractivity contribution in [3.63, 3.8) is 0 Å². The van der Waals surface area contributed by atoms with Crippen LogP contribution in [0.15, 0.2) is 70.6 Å². The van der Waals surface area contributed by atoms with Gasteiger partial charge in [-0.1, -0.05) is 66.7 Å². The summed E-state index contributed by atoms with van der Waals surface area (Å²) in [5, 5.41) is 5.02. The van der Waals surface area contributed by atoms with Gasteiger partial charge in [0.2, 0.25) is 5.91 Å². The summed E-state index contributed by atoms with van der Waals surface area (Å²) >= 11 is 1.45. The molecule has 7 nitrogen and oxygen atoms in total. The molecule has 0 spiro atoms. The molecule has 3 aliphatic rings. The molecule has 2 aromatic carbocycles. The van der Waals surface area contributed by atoms with Crippen molar-refractivity contribution in [1.82, 2.24) is 24.2 Å². The van der Waals surface area contributed by atoms with Crippen LogP contribution in [0, 0.1) is 0 Å². The number of aromatic nitrogens is 4. The van der Waals surface area contributed by atoms with Gasteiger partial charge in [-0.15, -0.1) is 5.10 Å². The van der Waals surface area contributed by atoms with Crippen LogP contribution >= 0.6 is 11.8 Å². The minimum absolute atomic E-state index is 0.0445. The smallest absolute Gasteiger partial charge is 0.284 e. The first-order valence-electron chi connectivity index (χ1n) is 12.1. The summed E-state index contributed by atoms with van der Waals surface area (Å²) in [6, 6.07) is 19.4. The van der Waals surface area contributed by atoms with Crippen molar-refractivity contribution in [3.8, 4) is 17.1 Å². The predicted molar refractivity (Wildman–Crippen MR) is 138 cm³/mol. The third-order valence-electron chi connectivity index (χ3n) is 6.44. The molecule has 0 radical (unpaired) electrons. The number of amides is 1. The molecule has 1 unspecified atom stereocenters. The van der Waals surface area contributed by atoms with E-state index in [1.807, 2.05) is 74.6 Å².